The lowest BCUT2D eigenvalue weighted by Gasteiger charge is -2.30. The third kappa shape index (κ3) is 3.09. The van der Waals surface area contributed by atoms with Gasteiger partial charge < -0.3 is 5.73 Å². The van der Waals surface area contributed by atoms with Crippen molar-refractivity contribution in [3.63, 3.8) is 0 Å². The van der Waals surface area contributed by atoms with E-state index < -0.39 is 10.0 Å². The fraction of sp³-hybridized carbons (Fsp3) is 0.571. The molecule has 0 unspecified atom stereocenters. The minimum atomic E-state index is -3.43. The Balaban J connectivity index is 2.30. The molecule has 1 aliphatic carbocycles. The van der Waals surface area contributed by atoms with Gasteiger partial charge in [-0.3, -0.25) is 0 Å². The Bertz CT molecular complexity index is 528. The van der Waals surface area contributed by atoms with Crippen molar-refractivity contribution in [3.8, 4) is 0 Å². The van der Waals surface area contributed by atoms with Crippen LogP contribution >= 0.6 is 0 Å². The molecule has 4 nitrogen and oxygen atoms in total. The highest BCUT2D eigenvalue weighted by atomic mass is 32.2. The highest BCUT2D eigenvalue weighted by molar-refractivity contribution is 7.89. The fourth-order valence-electron chi connectivity index (χ4n) is 2.73. The highest BCUT2D eigenvalue weighted by Gasteiger charge is 2.29. The number of rotatable bonds is 3. The molecule has 0 spiro atoms. The van der Waals surface area contributed by atoms with E-state index in [1.165, 1.54) is 10.7 Å². The average molecular weight is 282 g/mol. The van der Waals surface area contributed by atoms with Crippen LogP contribution < -0.4 is 5.73 Å². The Morgan fingerprint density at radius 2 is 1.79 bits per heavy atom. The van der Waals surface area contributed by atoms with Gasteiger partial charge in [0.15, 0.2) is 0 Å². The van der Waals surface area contributed by atoms with Crippen LogP contribution in [-0.4, -0.2) is 25.8 Å². The Kier molecular flexibility index (Phi) is 4.16. The quantitative estimate of drug-likeness (QED) is 0.866. The van der Waals surface area contributed by atoms with E-state index >= 15 is 0 Å². The summed E-state index contributed by atoms with van der Waals surface area (Å²) in [6.45, 7) is 1.86. The topological polar surface area (TPSA) is 63.4 Å². The molecule has 0 amide bonds. The van der Waals surface area contributed by atoms with E-state index in [0.29, 0.717) is 10.6 Å². The molecular formula is C14H22N2O2S. The zero-order valence-electron chi connectivity index (χ0n) is 11.6. The summed E-state index contributed by atoms with van der Waals surface area (Å²) in [6.07, 6.45) is 5.34. The summed E-state index contributed by atoms with van der Waals surface area (Å²) in [6, 6.07) is 5.13. The predicted octanol–water partition coefficient (Wildman–Crippen LogP) is 2.53. The Morgan fingerprint density at radius 3 is 2.37 bits per heavy atom. The lowest BCUT2D eigenvalue weighted by molar-refractivity contribution is 0.286. The van der Waals surface area contributed by atoms with E-state index in [1.807, 2.05) is 6.92 Å². The summed E-state index contributed by atoms with van der Waals surface area (Å²) in [4.78, 5) is 0.304. The third-order valence-electron chi connectivity index (χ3n) is 3.84. The molecule has 1 fully saturated rings. The van der Waals surface area contributed by atoms with Gasteiger partial charge in [0.1, 0.15) is 0 Å². The number of hydrogen-bond acceptors (Lipinski definition) is 3. The fourth-order valence-corrected chi connectivity index (χ4v) is 4.29. The van der Waals surface area contributed by atoms with Crippen molar-refractivity contribution in [2.75, 3.05) is 12.8 Å². The minimum Gasteiger partial charge on any atom is -0.399 e. The molecule has 5 heteroatoms. The van der Waals surface area contributed by atoms with Crippen LogP contribution in [0.25, 0.3) is 0 Å². The molecule has 0 atom stereocenters. The van der Waals surface area contributed by atoms with Crippen LogP contribution in [0.2, 0.25) is 0 Å². The van der Waals surface area contributed by atoms with E-state index in [1.54, 1.807) is 25.2 Å². The van der Waals surface area contributed by atoms with Gasteiger partial charge in [0.2, 0.25) is 10.0 Å². The maximum Gasteiger partial charge on any atom is 0.243 e. The molecule has 0 aromatic heterocycles. The van der Waals surface area contributed by atoms with Gasteiger partial charge in [-0.2, -0.15) is 4.31 Å². The minimum absolute atomic E-state index is 0.125. The number of anilines is 1. The van der Waals surface area contributed by atoms with Crippen molar-refractivity contribution in [3.05, 3.63) is 23.8 Å². The summed E-state index contributed by atoms with van der Waals surface area (Å²) < 4.78 is 26.7. The summed E-state index contributed by atoms with van der Waals surface area (Å²) in [5, 5.41) is 0. The molecule has 19 heavy (non-hydrogen) atoms. The second kappa shape index (κ2) is 5.51. The molecule has 2 rings (SSSR count). The van der Waals surface area contributed by atoms with Gasteiger partial charge in [0.25, 0.3) is 0 Å². The second-order valence-corrected chi connectivity index (χ2v) is 7.39. The van der Waals surface area contributed by atoms with Crippen molar-refractivity contribution in [2.45, 2.75) is 50.0 Å². The lowest BCUT2D eigenvalue weighted by Crippen LogP contribution is -2.38. The maximum atomic E-state index is 12.6. The largest absolute Gasteiger partial charge is 0.399 e. The molecule has 1 aromatic carbocycles. The molecule has 0 aliphatic heterocycles. The first-order valence-electron chi connectivity index (χ1n) is 6.76. The Hall–Kier alpha value is -1.07. The van der Waals surface area contributed by atoms with Crippen molar-refractivity contribution in [1.29, 1.82) is 0 Å². The van der Waals surface area contributed by atoms with Gasteiger partial charge in [0, 0.05) is 18.8 Å². The summed E-state index contributed by atoms with van der Waals surface area (Å²) >= 11 is 0. The van der Waals surface area contributed by atoms with Crippen molar-refractivity contribution in [2.24, 2.45) is 0 Å². The number of nitrogens with two attached hydrogens (primary N) is 1. The van der Waals surface area contributed by atoms with E-state index in [4.69, 9.17) is 5.73 Å². The average Bonchev–Trinajstić information content (AvgIpc) is 2.37. The number of benzene rings is 1. The molecule has 0 heterocycles. The van der Waals surface area contributed by atoms with Crippen LogP contribution in [-0.2, 0) is 10.0 Å². The van der Waals surface area contributed by atoms with Crippen molar-refractivity contribution in [1.82, 2.24) is 4.31 Å². The van der Waals surface area contributed by atoms with Crippen LogP contribution in [0.1, 0.15) is 37.7 Å². The Labute approximate surface area is 115 Å². The molecule has 1 aliphatic rings. The van der Waals surface area contributed by atoms with E-state index in [0.717, 1.165) is 31.2 Å². The van der Waals surface area contributed by atoms with Crippen molar-refractivity contribution >= 4 is 15.7 Å². The number of sulfonamides is 1. The molecular weight excluding hydrogens is 260 g/mol. The molecule has 0 saturated heterocycles. The van der Waals surface area contributed by atoms with Crippen LogP contribution in [0.15, 0.2) is 23.1 Å². The molecule has 1 aromatic rings. The SMILES string of the molecule is Cc1cc(N)cc(S(=O)(=O)N(C)C2CCCCC2)c1. The third-order valence-corrected chi connectivity index (χ3v) is 5.73. The van der Waals surface area contributed by atoms with Gasteiger partial charge in [-0.05, 0) is 43.5 Å². The summed E-state index contributed by atoms with van der Waals surface area (Å²) in [7, 11) is -1.75. The van der Waals surface area contributed by atoms with Gasteiger partial charge in [0.05, 0.1) is 4.90 Å². The van der Waals surface area contributed by atoms with Gasteiger partial charge in [-0.15, -0.1) is 0 Å². The number of aryl methyl sites for hydroxylation is 1. The molecule has 106 valence electrons. The first kappa shape index (κ1) is 14.3. The monoisotopic (exact) mass is 282 g/mol. The van der Waals surface area contributed by atoms with E-state index in [2.05, 4.69) is 0 Å². The predicted molar refractivity (Wildman–Crippen MR) is 77.4 cm³/mol. The first-order valence-corrected chi connectivity index (χ1v) is 8.20. The van der Waals surface area contributed by atoms with Gasteiger partial charge >= 0.3 is 0 Å². The van der Waals surface area contributed by atoms with Crippen LogP contribution in [0.5, 0.6) is 0 Å². The molecule has 2 N–H and O–H groups in total. The first-order chi connectivity index (χ1) is 8.91. The van der Waals surface area contributed by atoms with Crippen LogP contribution in [0.3, 0.4) is 0 Å². The number of hydrogen-bond donors (Lipinski definition) is 1. The van der Waals surface area contributed by atoms with Gasteiger partial charge in [-0.25, -0.2) is 8.42 Å². The van der Waals surface area contributed by atoms with E-state index in [9.17, 15) is 8.42 Å². The number of nitrogens with zero attached hydrogens (tertiary/aromatic N) is 1. The maximum absolute atomic E-state index is 12.6. The van der Waals surface area contributed by atoms with Crippen LogP contribution in [0.4, 0.5) is 5.69 Å². The molecule has 1 saturated carbocycles. The highest BCUT2D eigenvalue weighted by Crippen LogP contribution is 2.27. The van der Waals surface area contributed by atoms with Crippen molar-refractivity contribution < 1.29 is 8.42 Å². The molecule has 0 bridgehead atoms. The smallest absolute Gasteiger partial charge is 0.243 e. The zero-order chi connectivity index (χ0) is 14.0. The van der Waals surface area contributed by atoms with Gasteiger partial charge in [-0.1, -0.05) is 19.3 Å². The Morgan fingerprint density at radius 1 is 1.16 bits per heavy atom. The van der Waals surface area contributed by atoms with Crippen LogP contribution in [0, 0.1) is 6.92 Å². The molecule has 0 radical (unpaired) electrons. The van der Waals surface area contributed by atoms with E-state index in [-0.39, 0.29) is 6.04 Å². The summed E-state index contributed by atoms with van der Waals surface area (Å²) in [5.74, 6) is 0. The lowest BCUT2D eigenvalue weighted by atomic mass is 9.96. The summed E-state index contributed by atoms with van der Waals surface area (Å²) in [5.41, 5.74) is 7.12. The second-order valence-electron chi connectivity index (χ2n) is 5.39. The standard InChI is InChI=1S/C14H22N2O2S/c1-11-8-12(15)10-14(9-11)19(17,18)16(2)13-6-4-3-5-7-13/h8-10,13H,3-7,15H2,1-2H3. The normalized spacial score (nSPS) is 17.8. The number of nitrogen functional groups attached to an aromatic ring is 1. The zero-order valence-corrected chi connectivity index (χ0v) is 12.4.